The number of rotatable bonds is 6. The highest BCUT2D eigenvalue weighted by Crippen LogP contribution is 2.13. The highest BCUT2D eigenvalue weighted by Gasteiger charge is 2.02. The lowest BCUT2D eigenvalue weighted by Crippen LogP contribution is -2.06. The van der Waals surface area contributed by atoms with Gasteiger partial charge in [-0.3, -0.25) is 0 Å². The lowest BCUT2D eigenvalue weighted by atomic mass is 10.3. The number of aromatic nitrogens is 1. The summed E-state index contributed by atoms with van der Waals surface area (Å²) >= 11 is 1.64. The van der Waals surface area contributed by atoms with Crippen molar-refractivity contribution < 1.29 is 9.13 Å². The van der Waals surface area contributed by atoms with Crippen LogP contribution in [0, 0.1) is 5.82 Å². The number of halogens is 1. The van der Waals surface area contributed by atoms with Crippen molar-refractivity contribution in [1.29, 1.82) is 0 Å². The van der Waals surface area contributed by atoms with Gasteiger partial charge in [-0.1, -0.05) is 0 Å². The summed E-state index contributed by atoms with van der Waals surface area (Å²) in [4.78, 5) is 4.46. The molecule has 0 aliphatic heterocycles. The molecule has 0 aliphatic carbocycles. The molecule has 0 radical (unpaired) electrons. The van der Waals surface area contributed by atoms with Crippen LogP contribution in [0.5, 0.6) is 5.75 Å². The lowest BCUT2D eigenvalue weighted by molar-refractivity contribution is 0.321. The van der Waals surface area contributed by atoms with Crippen molar-refractivity contribution >= 4 is 11.3 Å². The summed E-state index contributed by atoms with van der Waals surface area (Å²) < 4.78 is 18.2. The summed E-state index contributed by atoms with van der Waals surface area (Å²) in [5.41, 5.74) is 1.05. The van der Waals surface area contributed by atoms with E-state index in [1.165, 1.54) is 12.1 Å². The molecule has 1 heterocycles. The smallest absolute Gasteiger partial charge is 0.123 e. The maximum Gasteiger partial charge on any atom is 0.123 e. The molecule has 0 saturated carbocycles. The number of hydrogen-bond donors (Lipinski definition) is 1. The van der Waals surface area contributed by atoms with Crippen LogP contribution in [0.3, 0.4) is 0 Å². The van der Waals surface area contributed by atoms with Gasteiger partial charge in [-0.15, -0.1) is 11.3 Å². The summed E-state index contributed by atoms with van der Waals surface area (Å²) in [7, 11) is 1.90. The topological polar surface area (TPSA) is 34.1 Å². The fourth-order valence-corrected chi connectivity index (χ4v) is 2.29. The molecule has 1 aromatic heterocycles. The monoisotopic (exact) mass is 266 g/mol. The highest BCUT2D eigenvalue weighted by molar-refractivity contribution is 7.09. The second-order valence-electron chi connectivity index (χ2n) is 3.82. The molecular formula is C13H15FN2OS. The van der Waals surface area contributed by atoms with Gasteiger partial charge >= 0.3 is 0 Å². The number of nitrogens with zero attached hydrogens (tertiary/aromatic N) is 1. The molecule has 2 rings (SSSR count). The SMILES string of the molecule is CNCc1csc(CCOc2ccc(F)cc2)n1. The molecule has 0 saturated heterocycles. The van der Waals surface area contributed by atoms with Gasteiger partial charge in [0, 0.05) is 18.3 Å². The Morgan fingerprint density at radius 1 is 1.33 bits per heavy atom. The van der Waals surface area contributed by atoms with Crippen LogP contribution in [-0.2, 0) is 13.0 Å². The van der Waals surface area contributed by atoms with Crippen LogP contribution in [0.15, 0.2) is 29.6 Å². The predicted octanol–water partition coefficient (Wildman–Crippen LogP) is 2.62. The molecule has 5 heteroatoms. The number of hydrogen-bond acceptors (Lipinski definition) is 4. The zero-order valence-electron chi connectivity index (χ0n) is 10.1. The van der Waals surface area contributed by atoms with Gasteiger partial charge in [0.25, 0.3) is 0 Å². The molecule has 1 aromatic carbocycles. The van der Waals surface area contributed by atoms with Crippen molar-refractivity contribution in [2.24, 2.45) is 0 Å². The van der Waals surface area contributed by atoms with Gasteiger partial charge in [-0.05, 0) is 31.3 Å². The van der Waals surface area contributed by atoms with Crippen LogP contribution in [-0.4, -0.2) is 18.6 Å². The van der Waals surface area contributed by atoms with E-state index in [0.717, 1.165) is 23.7 Å². The van der Waals surface area contributed by atoms with Crippen molar-refractivity contribution in [2.75, 3.05) is 13.7 Å². The zero-order chi connectivity index (χ0) is 12.8. The van der Waals surface area contributed by atoms with Crippen molar-refractivity contribution in [3.63, 3.8) is 0 Å². The number of ether oxygens (including phenoxy) is 1. The normalized spacial score (nSPS) is 10.6. The molecule has 0 amide bonds. The first-order valence-electron chi connectivity index (χ1n) is 5.74. The van der Waals surface area contributed by atoms with Crippen LogP contribution in [0.4, 0.5) is 4.39 Å². The second kappa shape index (κ2) is 6.47. The van der Waals surface area contributed by atoms with E-state index in [4.69, 9.17) is 4.74 Å². The Balaban J connectivity index is 1.79. The summed E-state index contributed by atoms with van der Waals surface area (Å²) in [6, 6.07) is 6.04. The molecular weight excluding hydrogens is 251 g/mol. The Labute approximate surface area is 110 Å². The number of benzene rings is 1. The molecule has 1 N–H and O–H groups in total. The van der Waals surface area contributed by atoms with Gasteiger partial charge in [0.05, 0.1) is 17.3 Å². The molecule has 3 nitrogen and oxygen atoms in total. The van der Waals surface area contributed by atoms with Gasteiger partial charge in [0.2, 0.25) is 0 Å². The van der Waals surface area contributed by atoms with Crippen molar-refractivity contribution in [2.45, 2.75) is 13.0 Å². The molecule has 0 bridgehead atoms. The molecule has 0 aliphatic rings. The van der Waals surface area contributed by atoms with Gasteiger partial charge in [-0.25, -0.2) is 9.37 Å². The number of thiazole rings is 1. The largest absolute Gasteiger partial charge is 0.493 e. The molecule has 0 spiro atoms. The quantitative estimate of drug-likeness (QED) is 0.872. The van der Waals surface area contributed by atoms with E-state index in [2.05, 4.69) is 10.3 Å². The lowest BCUT2D eigenvalue weighted by Gasteiger charge is -2.04. The minimum atomic E-state index is -0.251. The van der Waals surface area contributed by atoms with E-state index in [1.54, 1.807) is 23.5 Å². The van der Waals surface area contributed by atoms with E-state index < -0.39 is 0 Å². The summed E-state index contributed by atoms with van der Waals surface area (Å²) in [5.74, 6) is 0.433. The Bertz CT molecular complexity index is 484. The van der Waals surface area contributed by atoms with Crippen molar-refractivity contribution in [3.8, 4) is 5.75 Å². The van der Waals surface area contributed by atoms with E-state index in [-0.39, 0.29) is 5.82 Å². The average Bonchev–Trinajstić information content (AvgIpc) is 2.80. The zero-order valence-corrected chi connectivity index (χ0v) is 11.0. The molecule has 0 unspecified atom stereocenters. The maximum atomic E-state index is 12.7. The van der Waals surface area contributed by atoms with Gasteiger partial charge in [0.15, 0.2) is 0 Å². The van der Waals surface area contributed by atoms with Crippen LogP contribution >= 0.6 is 11.3 Å². The van der Waals surface area contributed by atoms with Gasteiger partial charge < -0.3 is 10.1 Å². The molecule has 18 heavy (non-hydrogen) atoms. The number of nitrogens with one attached hydrogen (secondary N) is 1. The first-order valence-corrected chi connectivity index (χ1v) is 6.62. The molecule has 96 valence electrons. The Morgan fingerprint density at radius 3 is 2.83 bits per heavy atom. The summed E-state index contributed by atoms with van der Waals surface area (Å²) in [5, 5.41) is 6.17. The van der Waals surface area contributed by atoms with Crippen LogP contribution in [0.1, 0.15) is 10.7 Å². The molecule has 0 atom stereocenters. The predicted molar refractivity (Wildman–Crippen MR) is 70.5 cm³/mol. The van der Waals surface area contributed by atoms with Crippen molar-refractivity contribution in [1.82, 2.24) is 10.3 Å². The van der Waals surface area contributed by atoms with Gasteiger partial charge in [-0.2, -0.15) is 0 Å². The molecule has 2 aromatic rings. The van der Waals surface area contributed by atoms with Crippen molar-refractivity contribution in [3.05, 3.63) is 46.2 Å². The summed E-state index contributed by atoms with van der Waals surface area (Å²) in [6.45, 7) is 1.34. The van der Waals surface area contributed by atoms with Crippen LogP contribution in [0.2, 0.25) is 0 Å². The molecule has 0 fully saturated rings. The average molecular weight is 266 g/mol. The third kappa shape index (κ3) is 3.78. The minimum Gasteiger partial charge on any atom is -0.493 e. The maximum absolute atomic E-state index is 12.7. The highest BCUT2D eigenvalue weighted by atomic mass is 32.1. The minimum absolute atomic E-state index is 0.251. The third-order valence-corrected chi connectivity index (χ3v) is 3.31. The Hall–Kier alpha value is -1.46. The van der Waals surface area contributed by atoms with Crippen LogP contribution < -0.4 is 10.1 Å². The Kier molecular flexibility index (Phi) is 4.66. The fraction of sp³-hybridized carbons (Fsp3) is 0.308. The fourth-order valence-electron chi connectivity index (χ4n) is 1.51. The second-order valence-corrected chi connectivity index (χ2v) is 4.76. The first kappa shape index (κ1) is 13.0. The van der Waals surface area contributed by atoms with E-state index in [1.807, 2.05) is 12.4 Å². The Morgan fingerprint density at radius 2 is 2.11 bits per heavy atom. The van der Waals surface area contributed by atoms with Gasteiger partial charge in [0.1, 0.15) is 11.6 Å². The standard InChI is InChI=1S/C13H15FN2OS/c1-15-8-11-9-18-13(16-11)6-7-17-12-4-2-10(14)3-5-12/h2-5,9,15H,6-8H2,1H3. The van der Waals surface area contributed by atoms with Crippen LogP contribution in [0.25, 0.3) is 0 Å². The van der Waals surface area contributed by atoms with E-state index in [9.17, 15) is 4.39 Å². The summed E-state index contributed by atoms with van der Waals surface area (Å²) in [6.07, 6.45) is 0.770. The van der Waals surface area contributed by atoms with E-state index >= 15 is 0 Å². The third-order valence-electron chi connectivity index (χ3n) is 2.36. The first-order chi connectivity index (χ1) is 8.78. The van der Waals surface area contributed by atoms with E-state index in [0.29, 0.717) is 12.4 Å².